The average molecular weight is 349 g/mol. The molecule has 2 N–H and O–H groups in total. The van der Waals surface area contributed by atoms with E-state index < -0.39 is 12.0 Å². The second-order valence-electron chi connectivity index (χ2n) is 5.76. The molecule has 1 aliphatic rings. The molecule has 0 spiro atoms. The number of aliphatic carboxylic acids is 1. The summed E-state index contributed by atoms with van der Waals surface area (Å²) in [5, 5.41) is 12.4. The van der Waals surface area contributed by atoms with E-state index in [1.807, 2.05) is 19.9 Å². The fourth-order valence-electron chi connectivity index (χ4n) is 2.59. The predicted molar refractivity (Wildman–Crippen MR) is 92.7 cm³/mol. The summed E-state index contributed by atoms with van der Waals surface area (Å²) in [7, 11) is 0. The van der Waals surface area contributed by atoms with E-state index in [4.69, 9.17) is 23.2 Å². The summed E-state index contributed by atoms with van der Waals surface area (Å²) in [5.41, 5.74) is 2.40. The minimum absolute atomic E-state index is 0.152. The number of carbonyl (C=O) groups is 1. The Morgan fingerprint density at radius 1 is 1.27 bits per heavy atom. The number of hydrogen-bond acceptors (Lipinski definition) is 3. The van der Waals surface area contributed by atoms with Crippen molar-refractivity contribution in [1.82, 2.24) is 10.2 Å². The van der Waals surface area contributed by atoms with Gasteiger partial charge in [-0.1, -0.05) is 25.5 Å². The molecule has 0 unspecified atom stereocenters. The van der Waals surface area contributed by atoms with E-state index in [0.717, 1.165) is 25.9 Å². The number of nitrogens with one attached hydrogen (secondary N) is 1. The van der Waals surface area contributed by atoms with Crippen molar-refractivity contribution in [2.75, 3.05) is 24.8 Å². The molecule has 0 heterocycles. The van der Waals surface area contributed by atoms with Crippen molar-refractivity contribution in [3.8, 4) is 0 Å². The second kappa shape index (κ2) is 10.1. The van der Waals surface area contributed by atoms with E-state index >= 15 is 0 Å². The lowest BCUT2D eigenvalue weighted by Gasteiger charge is -2.28. The molecule has 0 fully saturated rings. The Morgan fingerprint density at radius 3 is 2.32 bits per heavy atom. The van der Waals surface area contributed by atoms with E-state index in [1.165, 1.54) is 11.3 Å². The lowest BCUT2D eigenvalue weighted by atomic mass is 9.95. The van der Waals surface area contributed by atoms with Crippen LogP contribution in [0.2, 0.25) is 0 Å². The van der Waals surface area contributed by atoms with Gasteiger partial charge in [0.05, 0.1) is 0 Å². The minimum Gasteiger partial charge on any atom is -0.480 e. The molecule has 1 aliphatic carbocycles. The van der Waals surface area contributed by atoms with Gasteiger partial charge in [0.15, 0.2) is 0 Å². The van der Waals surface area contributed by atoms with E-state index in [9.17, 15) is 9.90 Å². The third-order valence-electron chi connectivity index (χ3n) is 3.63. The van der Waals surface area contributed by atoms with Crippen molar-refractivity contribution in [3.63, 3.8) is 0 Å². The van der Waals surface area contributed by atoms with Crippen LogP contribution in [0.25, 0.3) is 0 Å². The van der Waals surface area contributed by atoms with Crippen LogP contribution >= 0.6 is 23.2 Å². The van der Waals surface area contributed by atoms with Crippen LogP contribution in [0, 0.1) is 0 Å². The van der Waals surface area contributed by atoms with Crippen molar-refractivity contribution in [2.45, 2.75) is 45.2 Å². The molecule has 0 bridgehead atoms. The summed E-state index contributed by atoms with van der Waals surface area (Å²) >= 11 is 11.7. The molecule has 1 rings (SSSR count). The number of nitrogens with zero attached hydrogens (tertiary/aromatic N) is 1. The summed E-state index contributed by atoms with van der Waals surface area (Å²) in [5.74, 6) is 0.351. The quantitative estimate of drug-likeness (QED) is 0.595. The molecule has 22 heavy (non-hydrogen) atoms. The molecule has 0 aliphatic heterocycles. The van der Waals surface area contributed by atoms with E-state index in [-0.39, 0.29) is 6.04 Å². The van der Waals surface area contributed by atoms with Crippen LogP contribution in [0.15, 0.2) is 23.4 Å². The van der Waals surface area contributed by atoms with Gasteiger partial charge >= 0.3 is 5.97 Å². The second-order valence-corrected chi connectivity index (χ2v) is 6.52. The summed E-state index contributed by atoms with van der Waals surface area (Å²) < 4.78 is 0. The van der Waals surface area contributed by atoms with Gasteiger partial charge in [0.25, 0.3) is 0 Å². The monoisotopic (exact) mass is 348 g/mol. The van der Waals surface area contributed by atoms with Crippen molar-refractivity contribution < 1.29 is 9.90 Å². The third-order valence-corrected chi connectivity index (χ3v) is 3.97. The molecular formula is C16H26Cl2N2O2. The highest BCUT2D eigenvalue weighted by Gasteiger charge is 2.21. The number of halogens is 2. The zero-order valence-corrected chi connectivity index (χ0v) is 14.8. The number of carboxylic acid groups (broad SMARTS) is 1. The highest BCUT2D eigenvalue weighted by molar-refractivity contribution is 6.18. The maximum Gasteiger partial charge on any atom is 0.321 e. The number of carboxylic acids is 1. The Bertz CT molecular complexity index is 416. The molecule has 0 aromatic heterocycles. The van der Waals surface area contributed by atoms with Crippen LogP contribution in [-0.2, 0) is 4.79 Å². The Hall–Kier alpha value is -0.710. The number of hydrogen-bond donors (Lipinski definition) is 2. The Kier molecular flexibility index (Phi) is 8.91. The highest BCUT2D eigenvalue weighted by atomic mass is 35.5. The zero-order chi connectivity index (χ0) is 16.5. The molecule has 126 valence electrons. The summed E-state index contributed by atoms with van der Waals surface area (Å²) in [6.45, 7) is 5.49. The molecule has 6 heteroatoms. The van der Waals surface area contributed by atoms with Crippen molar-refractivity contribution in [2.24, 2.45) is 0 Å². The number of alkyl halides is 2. The SMILES string of the molecule is CC(C)N[C@@H](CC1=CC=C(N(CCCl)CCCl)CC1)C(=O)O. The van der Waals surface area contributed by atoms with E-state index in [2.05, 4.69) is 16.3 Å². The van der Waals surface area contributed by atoms with Crippen molar-refractivity contribution in [3.05, 3.63) is 23.4 Å². The first-order valence-electron chi connectivity index (χ1n) is 7.72. The van der Waals surface area contributed by atoms with Gasteiger partial charge in [0.2, 0.25) is 0 Å². The lowest BCUT2D eigenvalue weighted by molar-refractivity contribution is -0.139. The number of allylic oxidation sites excluding steroid dienone is 3. The van der Waals surface area contributed by atoms with Gasteiger partial charge in [-0.3, -0.25) is 4.79 Å². The largest absolute Gasteiger partial charge is 0.480 e. The summed E-state index contributed by atoms with van der Waals surface area (Å²) in [6.07, 6.45) is 6.46. The van der Waals surface area contributed by atoms with Crippen LogP contribution in [0.4, 0.5) is 0 Å². The molecule has 1 atom stereocenters. The van der Waals surface area contributed by atoms with Gasteiger partial charge in [-0.25, -0.2) is 0 Å². The highest BCUT2D eigenvalue weighted by Crippen LogP contribution is 2.24. The van der Waals surface area contributed by atoms with Crippen LogP contribution < -0.4 is 5.32 Å². The average Bonchev–Trinajstić information content (AvgIpc) is 2.46. The molecule has 0 saturated carbocycles. The maximum atomic E-state index is 11.3. The van der Waals surface area contributed by atoms with Gasteiger partial charge < -0.3 is 15.3 Å². The molecule has 0 aromatic carbocycles. The first-order valence-corrected chi connectivity index (χ1v) is 8.79. The van der Waals surface area contributed by atoms with E-state index in [1.54, 1.807) is 0 Å². The third kappa shape index (κ3) is 6.59. The molecule has 0 radical (unpaired) electrons. The zero-order valence-electron chi connectivity index (χ0n) is 13.3. The summed E-state index contributed by atoms with van der Waals surface area (Å²) in [4.78, 5) is 13.5. The summed E-state index contributed by atoms with van der Waals surface area (Å²) in [6, 6.07) is -0.373. The lowest BCUT2D eigenvalue weighted by Crippen LogP contribution is -2.41. The van der Waals surface area contributed by atoms with Crippen LogP contribution in [-0.4, -0.2) is 52.9 Å². The Labute approximate surface area is 143 Å². The molecule has 0 aromatic rings. The van der Waals surface area contributed by atoms with Gasteiger partial charge in [-0.05, 0) is 25.3 Å². The van der Waals surface area contributed by atoms with Crippen LogP contribution in [0.1, 0.15) is 33.1 Å². The van der Waals surface area contributed by atoms with Crippen LogP contribution in [0.3, 0.4) is 0 Å². The Morgan fingerprint density at radius 2 is 1.91 bits per heavy atom. The molecule has 4 nitrogen and oxygen atoms in total. The molecular weight excluding hydrogens is 323 g/mol. The van der Waals surface area contributed by atoms with Gasteiger partial charge in [-0.2, -0.15) is 0 Å². The standard InChI is InChI=1S/C16H26Cl2N2O2/c1-12(2)19-15(16(21)22)11-13-3-5-14(6-4-13)20(9-7-17)10-8-18/h3,5,12,15,19H,4,6-11H2,1-2H3,(H,21,22)/t15-/m0/s1. The van der Waals surface area contributed by atoms with Gasteiger partial charge in [0, 0.05) is 36.6 Å². The number of rotatable bonds is 10. The predicted octanol–water partition coefficient (Wildman–Crippen LogP) is 3.21. The topological polar surface area (TPSA) is 52.6 Å². The van der Waals surface area contributed by atoms with E-state index in [0.29, 0.717) is 18.2 Å². The maximum absolute atomic E-state index is 11.3. The molecule has 0 amide bonds. The first kappa shape index (κ1) is 19.3. The smallest absolute Gasteiger partial charge is 0.321 e. The van der Waals surface area contributed by atoms with Gasteiger partial charge in [-0.15, -0.1) is 23.2 Å². The normalized spacial score (nSPS) is 16.2. The Balaban J connectivity index is 2.69. The fourth-order valence-corrected chi connectivity index (χ4v) is 3.00. The minimum atomic E-state index is -0.796. The first-order chi connectivity index (χ1) is 10.5. The van der Waals surface area contributed by atoms with Crippen molar-refractivity contribution in [1.29, 1.82) is 0 Å². The van der Waals surface area contributed by atoms with Gasteiger partial charge in [0.1, 0.15) is 6.04 Å². The fraction of sp³-hybridized carbons (Fsp3) is 0.688. The van der Waals surface area contributed by atoms with Crippen molar-refractivity contribution >= 4 is 29.2 Å². The molecule has 0 saturated heterocycles. The van der Waals surface area contributed by atoms with Crippen LogP contribution in [0.5, 0.6) is 0 Å².